The van der Waals surface area contributed by atoms with E-state index in [1.165, 1.54) is 19.3 Å². The molecule has 0 atom stereocenters. The van der Waals surface area contributed by atoms with E-state index in [2.05, 4.69) is 4.74 Å². The molecular formula is C13H15NO4. The minimum absolute atomic E-state index is 0.0924. The van der Waals surface area contributed by atoms with E-state index in [9.17, 15) is 9.59 Å². The Morgan fingerprint density at radius 3 is 2.72 bits per heavy atom. The SMILES string of the molecule is COC(=O)/C=C/c1ccc(C(=O)N2CCCC2)o1. The van der Waals surface area contributed by atoms with Crippen LogP contribution in [0.3, 0.4) is 0 Å². The average molecular weight is 249 g/mol. The monoisotopic (exact) mass is 249 g/mol. The Bertz CT molecular complexity index is 469. The van der Waals surface area contributed by atoms with Gasteiger partial charge in [0.25, 0.3) is 5.91 Å². The Kier molecular flexibility index (Phi) is 3.82. The van der Waals surface area contributed by atoms with E-state index >= 15 is 0 Å². The molecule has 5 nitrogen and oxygen atoms in total. The van der Waals surface area contributed by atoms with Crippen molar-refractivity contribution in [2.75, 3.05) is 20.2 Å². The van der Waals surface area contributed by atoms with Crippen molar-refractivity contribution in [1.82, 2.24) is 4.90 Å². The number of methoxy groups -OCH3 is 1. The normalized spacial score (nSPS) is 15.3. The van der Waals surface area contributed by atoms with Gasteiger partial charge < -0.3 is 14.1 Å². The molecule has 96 valence electrons. The van der Waals surface area contributed by atoms with Crippen LogP contribution in [0.2, 0.25) is 0 Å². The number of hydrogen-bond acceptors (Lipinski definition) is 4. The molecule has 1 aromatic rings. The highest BCUT2D eigenvalue weighted by atomic mass is 16.5. The second-order valence-electron chi connectivity index (χ2n) is 4.06. The molecule has 0 bridgehead atoms. The molecule has 0 saturated carbocycles. The molecule has 1 fully saturated rings. The third-order valence-corrected chi connectivity index (χ3v) is 2.82. The molecule has 1 amide bonds. The number of esters is 1. The molecule has 1 aliphatic heterocycles. The van der Waals surface area contributed by atoms with Gasteiger partial charge >= 0.3 is 5.97 Å². The smallest absolute Gasteiger partial charge is 0.330 e. The van der Waals surface area contributed by atoms with Gasteiger partial charge in [-0.2, -0.15) is 0 Å². The predicted octanol–water partition coefficient (Wildman–Crippen LogP) is 1.70. The maximum absolute atomic E-state index is 12.0. The summed E-state index contributed by atoms with van der Waals surface area (Å²) in [4.78, 5) is 24.7. The van der Waals surface area contributed by atoms with Crippen LogP contribution < -0.4 is 0 Å². The second kappa shape index (κ2) is 5.53. The highest BCUT2D eigenvalue weighted by molar-refractivity contribution is 5.92. The number of rotatable bonds is 3. The largest absolute Gasteiger partial charge is 0.466 e. The van der Waals surface area contributed by atoms with Crippen molar-refractivity contribution in [3.63, 3.8) is 0 Å². The fourth-order valence-corrected chi connectivity index (χ4v) is 1.85. The summed E-state index contributed by atoms with van der Waals surface area (Å²) in [6.45, 7) is 1.57. The summed E-state index contributed by atoms with van der Waals surface area (Å²) in [5.41, 5.74) is 0. The molecule has 1 aliphatic rings. The summed E-state index contributed by atoms with van der Waals surface area (Å²) in [7, 11) is 1.30. The highest BCUT2D eigenvalue weighted by Crippen LogP contribution is 2.16. The standard InChI is InChI=1S/C13H15NO4/c1-17-12(15)7-5-10-4-6-11(18-10)13(16)14-8-2-3-9-14/h4-7H,2-3,8-9H2,1H3/b7-5+. The molecule has 0 radical (unpaired) electrons. The van der Waals surface area contributed by atoms with Gasteiger partial charge in [0.05, 0.1) is 7.11 Å². The number of carbonyl (C=O) groups is 2. The number of carbonyl (C=O) groups excluding carboxylic acids is 2. The Hall–Kier alpha value is -2.04. The number of likely N-dealkylation sites (tertiary alicyclic amines) is 1. The molecule has 0 spiro atoms. The van der Waals surface area contributed by atoms with E-state index in [0.29, 0.717) is 11.5 Å². The summed E-state index contributed by atoms with van der Waals surface area (Å²) in [5, 5.41) is 0. The van der Waals surface area contributed by atoms with Crippen molar-refractivity contribution in [3.05, 3.63) is 29.7 Å². The van der Waals surface area contributed by atoms with Crippen molar-refractivity contribution < 1.29 is 18.7 Å². The van der Waals surface area contributed by atoms with Crippen LogP contribution in [0.15, 0.2) is 22.6 Å². The summed E-state index contributed by atoms with van der Waals surface area (Å²) in [6, 6.07) is 3.28. The number of amides is 1. The van der Waals surface area contributed by atoms with Crippen LogP contribution in [0, 0.1) is 0 Å². The molecule has 5 heteroatoms. The number of nitrogens with zero attached hydrogens (tertiary/aromatic N) is 1. The van der Waals surface area contributed by atoms with Crippen LogP contribution in [0.25, 0.3) is 6.08 Å². The van der Waals surface area contributed by atoms with Crippen LogP contribution in [0.1, 0.15) is 29.2 Å². The van der Waals surface area contributed by atoms with Crippen LogP contribution in [0.4, 0.5) is 0 Å². The first kappa shape index (κ1) is 12.4. The van der Waals surface area contributed by atoms with Crippen molar-refractivity contribution in [2.24, 2.45) is 0 Å². The van der Waals surface area contributed by atoms with Gasteiger partial charge in [-0.05, 0) is 31.1 Å². The number of furan rings is 1. The van der Waals surface area contributed by atoms with Gasteiger partial charge in [0, 0.05) is 19.2 Å². The Labute approximate surface area is 105 Å². The first-order valence-electron chi connectivity index (χ1n) is 5.86. The molecule has 1 aromatic heterocycles. The van der Waals surface area contributed by atoms with E-state index in [0.717, 1.165) is 25.9 Å². The first-order chi connectivity index (χ1) is 8.70. The molecule has 0 unspecified atom stereocenters. The molecule has 0 N–H and O–H groups in total. The molecular weight excluding hydrogens is 234 g/mol. The molecule has 0 aliphatic carbocycles. The van der Waals surface area contributed by atoms with Crippen LogP contribution in [-0.4, -0.2) is 37.0 Å². The van der Waals surface area contributed by atoms with Crippen LogP contribution in [0.5, 0.6) is 0 Å². The van der Waals surface area contributed by atoms with Crippen molar-refractivity contribution in [1.29, 1.82) is 0 Å². The second-order valence-corrected chi connectivity index (χ2v) is 4.06. The van der Waals surface area contributed by atoms with Gasteiger partial charge in [-0.25, -0.2) is 4.79 Å². The van der Waals surface area contributed by atoms with Gasteiger partial charge in [-0.3, -0.25) is 4.79 Å². The lowest BCUT2D eigenvalue weighted by Crippen LogP contribution is -2.27. The lowest BCUT2D eigenvalue weighted by Gasteiger charge is -2.12. The summed E-state index contributed by atoms with van der Waals surface area (Å²) in [5.74, 6) is 0.216. The van der Waals surface area contributed by atoms with E-state index < -0.39 is 5.97 Å². The van der Waals surface area contributed by atoms with Crippen LogP contribution >= 0.6 is 0 Å². The van der Waals surface area contributed by atoms with Crippen molar-refractivity contribution in [2.45, 2.75) is 12.8 Å². The van der Waals surface area contributed by atoms with Crippen molar-refractivity contribution >= 4 is 18.0 Å². The van der Waals surface area contributed by atoms with Crippen LogP contribution in [-0.2, 0) is 9.53 Å². The number of hydrogen-bond donors (Lipinski definition) is 0. The van der Waals surface area contributed by atoms with E-state index in [-0.39, 0.29) is 5.91 Å². The molecule has 2 rings (SSSR count). The van der Waals surface area contributed by atoms with E-state index in [1.54, 1.807) is 17.0 Å². The summed E-state index contributed by atoms with van der Waals surface area (Å²) < 4.78 is 9.83. The maximum atomic E-state index is 12.0. The van der Waals surface area contributed by atoms with Gasteiger partial charge in [0.1, 0.15) is 5.76 Å². The average Bonchev–Trinajstić information content (AvgIpc) is 3.05. The maximum Gasteiger partial charge on any atom is 0.330 e. The lowest BCUT2D eigenvalue weighted by molar-refractivity contribution is -0.134. The highest BCUT2D eigenvalue weighted by Gasteiger charge is 2.21. The molecule has 1 saturated heterocycles. The van der Waals surface area contributed by atoms with Gasteiger partial charge in [0.2, 0.25) is 0 Å². The first-order valence-corrected chi connectivity index (χ1v) is 5.86. The van der Waals surface area contributed by atoms with Crippen molar-refractivity contribution in [3.8, 4) is 0 Å². The zero-order chi connectivity index (χ0) is 13.0. The van der Waals surface area contributed by atoms with Gasteiger partial charge in [-0.15, -0.1) is 0 Å². The molecule has 18 heavy (non-hydrogen) atoms. The third kappa shape index (κ3) is 2.80. The topological polar surface area (TPSA) is 59.8 Å². The number of ether oxygens (including phenoxy) is 1. The fraction of sp³-hybridized carbons (Fsp3) is 0.385. The minimum atomic E-state index is -0.459. The Balaban J connectivity index is 2.03. The predicted molar refractivity (Wildman–Crippen MR) is 64.9 cm³/mol. The molecule has 0 aromatic carbocycles. The Morgan fingerprint density at radius 2 is 2.06 bits per heavy atom. The van der Waals surface area contributed by atoms with E-state index in [4.69, 9.17) is 4.42 Å². The lowest BCUT2D eigenvalue weighted by atomic mass is 10.3. The third-order valence-electron chi connectivity index (χ3n) is 2.82. The fourth-order valence-electron chi connectivity index (χ4n) is 1.85. The summed E-state index contributed by atoms with van der Waals surface area (Å²) >= 11 is 0. The van der Waals surface area contributed by atoms with Gasteiger partial charge in [0.15, 0.2) is 5.76 Å². The van der Waals surface area contributed by atoms with E-state index in [1.807, 2.05) is 0 Å². The zero-order valence-corrected chi connectivity index (χ0v) is 10.2. The molecule has 2 heterocycles. The minimum Gasteiger partial charge on any atom is -0.466 e. The zero-order valence-electron chi connectivity index (χ0n) is 10.2. The Morgan fingerprint density at radius 1 is 1.33 bits per heavy atom. The van der Waals surface area contributed by atoms with Gasteiger partial charge in [-0.1, -0.05) is 0 Å². The summed E-state index contributed by atoms with van der Waals surface area (Å²) in [6.07, 6.45) is 4.82. The quantitative estimate of drug-likeness (QED) is 0.604.